The standard InChI is InChI=1S/C5H8N2OS/c1-4-3-9-5(6)7(4)8-2/h3,6H,1-2H3. The minimum atomic E-state index is 0.426. The summed E-state index contributed by atoms with van der Waals surface area (Å²) in [5, 5.41) is 9.13. The van der Waals surface area contributed by atoms with E-state index in [1.54, 1.807) is 7.11 Å². The summed E-state index contributed by atoms with van der Waals surface area (Å²) in [6, 6.07) is 0. The van der Waals surface area contributed by atoms with Crippen molar-refractivity contribution in [2.45, 2.75) is 6.92 Å². The quantitative estimate of drug-likeness (QED) is 0.608. The molecule has 50 valence electrons. The molecule has 0 unspecified atom stereocenters. The molecule has 0 saturated carbocycles. The summed E-state index contributed by atoms with van der Waals surface area (Å²) in [5.74, 6) is 0. The summed E-state index contributed by atoms with van der Waals surface area (Å²) in [6.07, 6.45) is 0. The Morgan fingerprint density at radius 1 is 1.78 bits per heavy atom. The molecule has 1 rings (SSSR count). The Labute approximate surface area is 57.0 Å². The predicted molar refractivity (Wildman–Crippen MR) is 35.4 cm³/mol. The van der Waals surface area contributed by atoms with Gasteiger partial charge in [0.15, 0.2) is 0 Å². The molecule has 0 fully saturated rings. The third-order valence-electron chi connectivity index (χ3n) is 1.03. The zero-order valence-electron chi connectivity index (χ0n) is 5.34. The molecule has 0 radical (unpaired) electrons. The zero-order valence-corrected chi connectivity index (χ0v) is 6.16. The molecule has 1 heterocycles. The van der Waals surface area contributed by atoms with Crippen LogP contribution in [-0.4, -0.2) is 11.8 Å². The van der Waals surface area contributed by atoms with Crippen molar-refractivity contribution < 1.29 is 4.84 Å². The molecule has 0 saturated heterocycles. The molecule has 9 heavy (non-hydrogen) atoms. The van der Waals surface area contributed by atoms with Gasteiger partial charge < -0.3 is 4.84 Å². The second-order valence-electron chi connectivity index (χ2n) is 1.66. The highest BCUT2D eigenvalue weighted by Gasteiger charge is 1.95. The molecule has 1 N–H and O–H groups in total. The second-order valence-corrected chi connectivity index (χ2v) is 2.52. The van der Waals surface area contributed by atoms with Crippen LogP contribution in [0.15, 0.2) is 5.38 Å². The number of aromatic nitrogens is 1. The lowest BCUT2D eigenvalue weighted by atomic mass is 10.6. The van der Waals surface area contributed by atoms with Crippen molar-refractivity contribution in [2.75, 3.05) is 7.11 Å². The number of thiazole rings is 1. The number of aryl methyl sites for hydroxylation is 1. The maximum Gasteiger partial charge on any atom is 0.216 e. The number of hydrogen-bond acceptors (Lipinski definition) is 3. The van der Waals surface area contributed by atoms with Gasteiger partial charge in [0.25, 0.3) is 0 Å². The molecule has 0 aromatic carbocycles. The van der Waals surface area contributed by atoms with E-state index >= 15 is 0 Å². The second kappa shape index (κ2) is 2.23. The minimum absolute atomic E-state index is 0.426. The molecule has 0 bridgehead atoms. The van der Waals surface area contributed by atoms with Gasteiger partial charge in [-0.3, -0.25) is 5.41 Å². The molecule has 3 nitrogen and oxygen atoms in total. The van der Waals surface area contributed by atoms with Crippen LogP contribution < -0.4 is 9.64 Å². The fraction of sp³-hybridized carbons (Fsp3) is 0.400. The van der Waals surface area contributed by atoms with Crippen LogP contribution in [0.25, 0.3) is 0 Å². The largest absolute Gasteiger partial charge is 0.415 e. The van der Waals surface area contributed by atoms with Crippen molar-refractivity contribution in [3.8, 4) is 0 Å². The molecule has 1 aromatic heterocycles. The Kier molecular flexibility index (Phi) is 1.57. The topological polar surface area (TPSA) is 38.0 Å². The third kappa shape index (κ3) is 0.977. The number of hydrogen-bond donors (Lipinski definition) is 1. The summed E-state index contributed by atoms with van der Waals surface area (Å²) in [4.78, 5) is 5.28. The molecule has 0 aliphatic rings. The molecular formula is C5H8N2OS. The molecule has 0 aliphatic carbocycles. The van der Waals surface area contributed by atoms with E-state index < -0.39 is 0 Å². The highest BCUT2D eigenvalue weighted by molar-refractivity contribution is 7.07. The van der Waals surface area contributed by atoms with Crippen LogP contribution in [0.5, 0.6) is 0 Å². The normalized spacial score (nSPS) is 9.56. The highest BCUT2D eigenvalue weighted by Crippen LogP contribution is 1.94. The average Bonchev–Trinajstić information content (AvgIpc) is 2.12. The van der Waals surface area contributed by atoms with Crippen LogP contribution in [0.2, 0.25) is 0 Å². The van der Waals surface area contributed by atoms with Gasteiger partial charge in [0.1, 0.15) is 7.11 Å². The summed E-state index contributed by atoms with van der Waals surface area (Å²) >= 11 is 1.36. The summed E-state index contributed by atoms with van der Waals surface area (Å²) < 4.78 is 1.48. The fourth-order valence-corrected chi connectivity index (χ4v) is 1.32. The average molecular weight is 144 g/mol. The van der Waals surface area contributed by atoms with Crippen LogP contribution in [-0.2, 0) is 0 Å². The van der Waals surface area contributed by atoms with E-state index in [1.807, 2.05) is 12.3 Å². The Hall–Kier alpha value is -0.770. The lowest BCUT2D eigenvalue weighted by Crippen LogP contribution is -2.19. The first-order valence-corrected chi connectivity index (χ1v) is 3.40. The number of rotatable bonds is 1. The van der Waals surface area contributed by atoms with E-state index in [-0.39, 0.29) is 0 Å². The Morgan fingerprint density at radius 3 is 2.67 bits per heavy atom. The van der Waals surface area contributed by atoms with E-state index in [4.69, 9.17) is 10.2 Å². The van der Waals surface area contributed by atoms with Gasteiger partial charge in [0.05, 0.1) is 5.69 Å². The fourth-order valence-electron chi connectivity index (χ4n) is 0.624. The van der Waals surface area contributed by atoms with Gasteiger partial charge in [-0.15, -0.1) is 11.3 Å². The number of nitrogens with one attached hydrogen (secondary N) is 1. The van der Waals surface area contributed by atoms with Gasteiger partial charge in [-0.25, -0.2) is 0 Å². The van der Waals surface area contributed by atoms with E-state index in [0.717, 1.165) is 5.69 Å². The molecule has 0 amide bonds. The van der Waals surface area contributed by atoms with Crippen LogP contribution >= 0.6 is 11.3 Å². The monoisotopic (exact) mass is 144 g/mol. The summed E-state index contributed by atoms with van der Waals surface area (Å²) in [7, 11) is 1.55. The van der Waals surface area contributed by atoms with Crippen molar-refractivity contribution in [2.24, 2.45) is 0 Å². The van der Waals surface area contributed by atoms with Crippen molar-refractivity contribution in [3.63, 3.8) is 0 Å². The van der Waals surface area contributed by atoms with E-state index in [0.29, 0.717) is 4.80 Å². The molecule has 0 atom stereocenters. The van der Waals surface area contributed by atoms with Crippen molar-refractivity contribution >= 4 is 11.3 Å². The van der Waals surface area contributed by atoms with E-state index in [9.17, 15) is 0 Å². The molecular weight excluding hydrogens is 136 g/mol. The molecule has 0 aliphatic heterocycles. The summed E-state index contributed by atoms with van der Waals surface area (Å²) in [6.45, 7) is 1.90. The molecule has 4 heteroatoms. The van der Waals surface area contributed by atoms with Gasteiger partial charge in [0.2, 0.25) is 4.80 Å². The maximum atomic E-state index is 7.25. The van der Waals surface area contributed by atoms with Gasteiger partial charge >= 0.3 is 0 Å². The van der Waals surface area contributed by atoms with Gasteiger partial charge in [-0.1, -0.05) is 0 Å². The molecule has 1 aromatic rings. The Balaban J connectivity index is 3.23. The third-order valence-corrected chi connectivity index (χ3v) is 1.88. The van der Waals surface area contributed by atoms with Crippen LogP contribution in [0.1, 0.15) is 5.69 Å². The van der Waals surface area contributed by atoms with Crippen molar-refractivity contribution in [1.29, 1.82) is 5.41 Å². The van der Waals surface area contributed by atoms with Crippen molar-refractivity contribution in [1.82, 2.24) is 4.73 Å². The van der Waals surface area contributed by atoms with Gasteiger partial charge in [0, 0.05) is 5.38 Å². The van der Waals surface area contributed by atoms with Gasteiger partial charge in [-0.2, -0.15) is 4.73 Å². The first kappa shape index (κ1) is 6.35. The Morgan fingerprint density at radius 2 is 2.44 bits per heavy atom. The minimum Gasteiger partial charge on any atom is -0.415 e. The van der Waals surface area contributed by atoms with Crippen LogP contribution in [0.3, 0.4) is 0 Å². The number of nitrogens with zero attached hydrogens (tertiary/aromatic N) is 1. The lowest BCUT2D eigenvalue weighted by molar-refractivity contribution is 0.153. The zero-order chi connectivity index (χ0) is 6.85. The van der Waals surface area contributed by atoms with Crippen molar-refractivity contribution in [3.05, 3.63) is 15.9 Å². The Bertz CT molecular complexity index is 250. The molecule has 0 spiro atoms. The smallest absolute Gasteiger partial charge is 0.216 e. The SMILES string of the molecule is COn1c(C)csc1=N. The van der Waals surface area contributed by atoms with E-state index in [1.165, 1.54) is 16.1 Å². The first-order chi connectivity index (χ1) is 4.25. The maximum absolute atomic E-state index is 7.25. The van der Waals surface area contributed by atoms with Crippen LogP contribution in [0.4, 0.5) is 0 Å². The lowest BCUT2D eigenvalue weighted by Gasteiger charge is -1.99. The first-order valence-electron chi connectivity index (χ1n) is 2.52. The van der Waals surface area contributed by atoms with Crippen LogP contribution in [0, 0.1) is 12.3 Å². The van der Waals surface area contributed by atoms with Gasteiger partial charge in [-0.05, 0) is 6.92 Å². The van der Waals surface area contributed by atoms with E-state index in [2.05, 4.69) is 0 Å². The predicted octanol–water partition coefficient (Wildman–Crippen LogP) is 0.396. The summed E-state index contributed by atoms with van der Waals surface area (Å²) in [5.41, 5.74) is 0.965. The highest BCUT2D eigenvalue weighted by atomic mass is 32.1.